The van der Waals surface area contributed by atoms with Gasteiger partial charge in [0, 0.05) is 43.8 Å². The molecular weight excluding hydrogens is 432 g/mol. The summed E-state index contributed by atoms with van der Waals surface area (Å²) in [5.74, 6) is 0.246. The largest absolute Gasteiger partial charge is 0.444 e. The third kappa shape index (κ3) is 5.21. The molecule has 4 rings (SSSR count). The Bertz CT molecular complexity index is 863. The van der Waals surface area contributed by atoms with Crippen molar-refractivity contribution < 1.29 is 23.8 Å². The number of amides is 2. The Morgan fingerprint density at radius 1 is 1.09 bits per heavy atom. The van der Waals surface area contributed by atoms with Gasteiger partial charge in [0.2, 0.25) is 5.91 Å². The van der Waals surface area contributed by atoms with Gasteiger partial charge in [0.05, 0.1) is 19.3 Å². The van der Waals surface area contributed by atoms with Gasteiger partial charge in [0.1, 0.15) is 5.60 Å². The van der Waals surface area contributed by atoms with E-state index in [9.17, 15) is 9.59 Å². The van der Waals surface area contributed by atoms with Crippen molar-refractivity contribution in [2.45, 2.75) is 58.2 Å². The van der Waals surface area contributed by atoms with Crippen LogP contribution in [-0.2, 0) is 32.0 Å². The maximum atomic E-state index is 13.1. The lowest BCUT2D eigenvalue weighted by molar-refractivity contribution is -0.139. The summed E-state index contributed by atoms with van der Waals surface area (Å²) in [5.41, 5.74) is 2.64. The minimum absolute atomic E-state index is 0.0401. The van der Waals surface area contributed by atoms with Crippen molar-refractivity contribution in [3.05, 3.63) is 33.8 Å². The van der Waals surface area contributed by atoms with Crippen LogP contribution in [-0.4, -0.2) is 66.9 Å². The molecule has 0 aliphatic carbocycles. The van der Waals surface area contributed by atoms with Gasteiger partial charge in [-0.1, -0.05) is 11.6 Å². The Morgan fingerprint density at radius 3 is 2.56 bits per heavy atom. The van der Waals surface area contributed by atoms with E-state index < -0.39 is 5.60 Å². The number of morpholine rings is 1. The van der Waals surface area contributed by atoms with Gasteiger partial charge in [-0.15, -0.1) is 0 Å². The van der Waals surface area contributed by atoms with Crippen LogP contribution in [0.4, 0.5) is 4.79 Å². The summed E-state index contributed by atoms with van der Waals surface area (Å²) >= 11 is 6.52. The summed E-state index contributed by atoms with van der Waals surface area (Å²) in [6.45, 7) is 9.45. The van der Waals surface area contributed by atoms with Gasteiger partial charge in [-0.25, -0.2) is 4.79 Å². The van der Waals surface area contributed by atoms with E-state index in [1.165, 1.54) is 0 Å². The number of rotatable bonds is 2. The number of nitrogens with zero attached hydrogens (tertiary/aromatic N) is 2. The Kier molecular flexibility index (Phi) is 6.98. The van der Waals surface area contributed by atoms with Gasteiger partial charge < -0.3 is 19.1 Å². The van der Waals surface area contributed by atoms with Crippen LogP contribution in [0.5, 0.6) is 0 Å². The summed E-state index contributed by atoms with van der Waals surface area (Å²) in [7, 11) is 0. The molecule has 7 nitrogen and oxygen atoms in total. The molecule has 3 aliphatic heterocycles. The fourth-order valence-electron chi connectivity index (χ4n) is 4.78. The average Bonchev–Trinajstić information content (AvgIpc) is 2.77. The van der Waals surface area contributed by atoms with E-state index in [2.05, 4.69) is 0 Å². The fraction of sp³-hybridized carbons (Fsp3) is 0.667. The number of fused-ring (bicyclic) bond motifs is 1. The number of halogens is 1. The highest BCUT2D eigenvalue weighted by Gasteiger charge is 2.36. The van der Waals surface area contributed by atoms with Gasteiger partial charge >= 0.3 is 6.09 Å². The van der Waals surface area contributed by atoms with E-state index in [4.69, 9.17) is 25.8 Å². The zero-order chi connectivity index (χ0) is 22.9. The molecule has 1 aromatic carbocycles. The highest BCUT2D eigenvalue weighted by atomic mass is 35.5. The van der Waals surface area contributed by atoms with Crippen LogP contribution in [0.1, 0.15) is 56.3 Å². The molecule has 3 heterocycles. The maximum Gasteiger partial charge on any atom is 0.410 e. The molecule has 1 unspecified atom stereocenters. The van der Waals surface area contributed by atoms with Crippen molar-refractivity contribution in [3.8, 4) is 0 Å². The number of hydrogen-bond acceptors (Lipinski definition) is 5. The fourth-order valence-corrected chi connectivity index (χ4v) is 5.03. The first-order valence-electron chi connectivity index (χ1n) is 11.5. The van der Waals surface area contributed by atoms with E-state index in [0.717, 1.165) is 36.0 Å². The van der Waals surface area contributed by atoms with E-state index in [1.807, 2.05) is 37.8 Å². The lowest BCUT2D eigenvalue weighted by Gasteiger charge is -2.39. The van der Waals surface area contributed by atoms with Crippen molar-refractivity contribution in [3.63, 3.8) is 0 Å². The van der Waals surface area contributed by atoms with Crippen LogP contribution < -0.4 is 0 Å². The lowest BCUT2D eigenvalue weighted by Crippen LogP contribution is -2.46. The molecule has 0 saturated carbocycles. The predicted molar refractivity (Wildman–Crippen MR) is 121 cm³/mol. The normalized spacial score (nSPS) is 22.4. The lowest BCUT2D eigenvalue weighted by atomic mass is 9.89. The Morgan fingerprint density at radius 2 is 1.84 bits per heavy atom. The van der Waals surface area contributed by atoms with Gasteiger partial charge in [-0.3, -0.25) is 9.69 Å². The molecule has 0 radical (unpaired) electrons. The van der Waals surface area contributed by atoms with Crippen LogP contribution >= 0.6 is 11.6 Å². The molecule has 2 fully saturated rings. The molecule has 0 bridgehead atoms. The molecule has 0 spiro atoms. The van der Waals surface area contributed by atoms with Gasteiger partial charge in [-0.05, 0) is 68.9 Å². The number of ether oxygens (including phenoxy) is 3. The molecule has 176 valence electrons. The predicted octanol–water partition coefficient (Wildman–Crippen LogP) is 3.96. The van der Waals surface area contributed by atoms with Gasteiger partial charge in [-0.2, -0.15) is 0 Å². The summed E-state index contributed by atoms with van der Waals surface area (Å²) in [6.07, 6.45) is 1.96. The Labute approximate surface area is 194 Å². The summed E-state index contributed by atoms with van der Waals surface area (Å²) in [4.78, 5) is 29.7. The number of hydrogen-bond donors (Lipinski definition) is 0. The third-order valence-electron chi connectivity index (χ3n) is 6.33. The van der Waals surface area contributed by atoms with Crippen molar-refractivity contribution >= 4 is 23.6 Å². The van der Waals surface area contributed by atoms with Crippen LogP contribution in [0.25, 0.3) is 0 Å². The quantitative estimate of drug-likeness (QED) is 0.662. The highest BCUT2D eigenvalue weighted by molar-refractivity contribution is 6.30. The first-order chi connectivity index (χ1) is 15.2. The first kappa shape index (κ1) is 23.3. The summed E-state index contributed by atoms with van der Waals surface area (Å²) in [5, 5.41) is 0.605. The molecule has 3 aliphatic rings. The highest BCUT2D eigenvalue weighted by Crippen LogP contribution is 2.35. The second-order valence-electron chi connectivity index (χ2n) is 9.79. The van der Waals surface area contributed by atoms with Crippen molar-refractivity contribution in [1.82, 2.24) is 9.80 Å². The topological polar surface area (TPSA) is 68.3 Å². The molecule has 0 N–H and O–H groups in total. The van der Waals surface area contributed by atoms with E-state index in [1.54, 1.807) is 4.90 Å². The zero-order valence-corrected chi connectivity index (χ0v) is 20.0. The van der Waals surface area contributed by atoms with E-state index >= 15 is 0 Å². The van der Waals surface area contributed by atoms with Gasteiger partial charge in [0.25, 0.3) is 0 Å². The first-order valence-corrected chi connectivity index (χ1v) is 11.9. The molecule has 8 heteroatoms. The summed E-state index contributed by atoms with van der Waals surface area (Å²) in [6, 6.07) is 3.63. The van der Waals surface area contributed by atoms with Crippen LogP contribution in [0.15, 0.2) is 12.1 Å². The zero-order valence-electron chi connectivity index (χ0n) is 19.2. The standard InChI is InChI=1S/C24H33ClN2O5/c1-24(2,3)32-23(29)27-8-11-31-15-21(27)20-13-18(25)12-17-14-26(7-4-19(17)20)22(28)16-5-9-30-10-6-16/h12-13,16,21H,4-11,14-15H2,1-3H3. The van der Waals surface area contributed by atoms with Crippen molar-refractivity contribution in [1.29, 1.82) is 0 Å². The number of carbonyl (C=O) groups excluding carboxylic acids is 2. The second kappa shape index (κ2) is 9.57. The molecule has 1 atom stereocenters. The SMILES string of the molecule is CC(C)(C)OC(=O)N1CCOCC1c1cc(Cl)cc2c1CCN(C(=O)C1CCOCC1)C2. The second-order valence-corrected chi connectivity index (χ2v) is 10.2. The van der Waals surface area contributed by atoms with Crippen LogP contribution in [0.3, 0.4) is 0 Å². The van der Waals surface area contributed by atoms with Crippen molar-refractivity contribution in [2.24, 2.45) is 5.92 Å². The molecular formula is C24H33ClN2O5. The van der Waals surface area contributed by atoms with Crippen LogP contribution in [0.2, 0.25) is 5.02 Å². The third-order valence-corrected chi connectivity index (χ3v) is 6.55. The molecule has 2 saturated heterocycles. The monoisotopic (exact) mass is 464 g/mol. The Hall–Kier alpha value is -1.83. The smallest absolute Gasteiger partial charge is 0.410 e. The van der Waals surface area contributed by atoms with E-state index in [-0.39, 0.29) is 24.0 Å². The number of benzene rings is 1. The number of carbonyl (C=O) groups is 2. The molecule has 1 aromatic rings. The average molecular weight is 465 g/mol. The molecule has 0 aromatic heterocycles. The molecule has 32 heavy (non-hydrogen) atoms. The van der Waals surface area contributed by atoms with Crippen LogP contribution in [0, 0.1) is 5.92 Å². The van der Waals surface area contributed by atoms with E-state index in [0.29, 0.717) is 51.1 Å². The van der Waals surface area contributed by atoms with Gasteiger partial charge in [0.15, 0.2) is 0 Å². The van der Waals surface area contributed by atoms with Crippen molar-refractivity contribution in [2.75, 3.05) is 39.5 Å². The minimum Gasteiger partial charge on any atom is -0.444 e. The Balaban J connectivity index is 1.57. The molecule has 2 amide bonds. The summed E-state index contributed by atoms with van der Waals surface area (Å²) < 4.78 is 16.8. The minimum atomic E-state index is -0.571. The maximum absolute atomic E-state index is 13.1.